The third-order valence-corrected chi connectivity index (χ3v) is 6.69. The summed E-state index contributed by atoms with van der Waals surface area (Å²) in [5.74, 6) is 0. The van der Waals surface area contributed by atoms with Gasteiger partial charge in [0.05, 0.1) is 16.8 Å². The van der Waals surface area contributed by atoms with Crippen LogP contribution in [0.15, 0.2) is 47.4 Å². The first-order chi connectivity index (χ1) is 13.0. The number of hydrogen-bond acceptors (Lipinski definition) is 4. The zero-order chi connectivity index (χ0) is 19.4. The lowest BCUT2D eigenvalue weighted by atomic mass is 10.2. The van der Waals surface area contributed by atoms with E-state index >= 15 is 0 Å². The molecular weight excluding hydrogens is 374 g/mol. The van der Waals surface area contributed by atoms with Crippen LogP contribution in [0.1, 0.15) is 30.8 Å². The van der Waals surface area contributed by atoms with Crippen LogP contribution < -0.4 is 5.32 Å². The maximum Gasteiger partial charge on any atom is 0.321 e. The topological polar surface area (TPSA) is 45.2 Å². The van der Waals surface area contributed by atoms with Gasteiger partial charge in [-0.3, -0.25) is 0 Å². The monoisotopic (exact) mass is 399 g/mol. The second kappa shape index (κ2) is 8.76. The number of carbonyl (C=O) groups is 1. The van der Waals surface area contributed by atoms with E-state index in [0.29, 0.717) is 11.8 Å². The molecule has 2 aromatic carbocycles. The Labute approximate surface area is 169 Å². The molecule has 4 nitrogen and oxygen atoms in total. The van der Waals surface area contributed by atoms with Crippen LogP contribution in [-0.4, -0.2) is 28.2 Å². The van der Waals surface area contributed by atoms with Crippen molar-refractivity contribution in [2.24, 2.45) is 0 Å². The summed E-state index contributed by atoms with van der Waals surface area (Å²) in [7, 11) is 1.80. The van der Waals surface area contributed by atoms with Crippen LogP contribution in [0.5, 0.6) is 0 Å². The first-order valence-corrected chi connectivity index (χ1v) is 10.8. The van der Waals surface area contributed by atoms with Gasteiger partial charge in [0.1, 0.15) is 5.01 Å². The first-order valence-electron chi connectivity index (χ1n) is 9.10. The average Bonchev–Trinajstić information content (AvgIpc) is 3.05. The van der Waals surface area contributed by atoms with Crippen LogP contribution in [0.4, 0.5) is 10.5 Å². The molecule has 0 spiro atoms. The molecule has 0 fully saturated rings. The fourth-order valence-corrected chi connectivity index (χ4v) is 4.68. The van der Waals surface area contributed by atoms with E-state index in [0.717, 1.165) is 32.9 Å². The second-order valence-electron chi connectivity index (χ2n) is 6.67. The van der Waals surface area contributed by atoms with Crippen LogP contribution in [0.3, 0.4) is 0 Å². The van der Waals surface area contributed by atoms with Crippen LogP contribution in [0.25, 0.3) is 10.2 Å². The molecule has 142 valence electrons. The number of nitrogens with one attached hydrogen (secondary N) is 1. The zero-order valence-electron chi connectivity index (χ0n) is 16.2. The van der Waals surface area contributed by atoms with Gasteiger partial charge in [0.2, 0.25) is 0 Å². The van der Waals surface area contributed by atoms with Crippen molar-refractivity contribution in [3.8, 4) is 0 Å². The lowest BCUT2D eigenvalue weighted by Gasteiger charge is -2.18. The summed E-state index contributed by atoms with van der Waals surface area (Å²) in [5, 5.41) is 4.54. The number of nitrogens with zero attached hydrogens (tertiary/aromatic N) is 2. The van der Waals surface area contributed by atoms with E-state index in [4.69, 9.17) is 0 Å². The summed E-state index contributed by atoms with van der Waals surface area (Å²) in [4.78, 5) is 20.1. The molecule has 3 aromatic rings. The van der Waals surface area contributed by atoms with Gasteiger partial charge in [-0.25, -0.2) is 9.78 Å². The summed E-state index contributed by atoms with van der Waals surface area (Å²) in [6.45, 7) is 6.95. The van der Waals surface area contributed by atoms with Crippen molar-refractivity contribution in [3.05, 3.63) is 53.0 Å². The molecule has 3 rings (SSSR count). The highest BCUT2D eigenvalue weighted by Gasteiger charge is 2.14. The lowest BCUT2D eigenvalue weighted by Crippen LogP contribution is -2.31. The Balaban J connectivity index is 1.63. The van der Waals surface area contributed by atoms with E-state index in [9.17, 15) is 4.79 Å². The fraction of sp³-hybridized carbons (Fsp3) is 0.333. The van der Waals surface area contributed by atoms with Crippen molar-refractivity contribution in [3.63, 3.8) is 0 Å². The molecule has 2 amide bonds. The number of thiazole rings is 1. The summed E-state index contributed by atoms with van der Waals surface area (Å²) < 4.78 is 1.14. The summed E-state index contributed by atoms with van der Waals surface area (Å²) in [6, 6.07) is 14.1. The van der Waals surface area contributed by atoms with Crippen molar-refractivity contribution in [1.82, 2.24) is 9.88 Å². The van der Waals surface area contributed by atoms with E-state index in [-0.39, 0.29) is 6.03 Å². The number of aromatic nitrogens is 1. The predicted molar refractivity (Wildman–Crippen MR) is 117 cm³/mol. The number of hydrogen-bond donors (Lipinski definition) is 1. The summed E-state index contributed by atoms with van der Waals surface area (Å²) in [5.41, 5.74) is 2.91. The molecule has 6 heteroatoms. The SMILES string of the molecule is CCC(C)Sc1ccc(NC(=O)N(C)Cc2nc3ccccc3s2)c(C)c1. The minimum atomic E-state index is -0.125. The van der Waals surface area contributed by atoms with Gasteiger partial charge in [0.25, 0.3) is 0 Å². The van der Waals surface area contributed by atoms with E-state index in [1.807, 2.05) is 43.0 Å². The molecule has 1 atom stereocenters. The number of para-hydroxylation sites is 1. The molecule has 0 saturated heterocycles. The summed E-state index contributed by atoms with van der Waals surface area (Å²) in [6.07, 6.45) is 1.14. The average molecular weight is 400 g/mol. The Morgan fingerprint density at radius 2 is 2.07 bits per heavy atom. The Morgan fingerprint density at radius 3 is 2.78 bits per heavy atom. The van der Waals surface area contributed by atoms with E-state index in [2.05, 4.69) is 42.3 Å². The van der Waals surface area contributed by atoms with Crippen molar-refractivity contribution in [1.29, 1.82) is 0 Å². The van der Waals surface area contributed by atoms with Crippen molar-refractivity contribution < 1.29 is 4.79 Å². The largest absolute Gasteiger partial charge is 0.321 e. The van der Waals surface area contributed by atoms with E-state index in [1.165, 1.54) is 4.90 Å². The lowest BCUT2D eigenvalue weighted by molar-refractivity contribution is 0.220. The van der Waals surface area contributed by atoms with Crippen molar-refractivity contribution in [2.75, 3.05) is 12.4 Å². The highest BCUT2D eigenvalue weighted by atomic mass is 32.2. The maximum absolute atomic E-state index is 12.6. The third-order valence-electron chi connectivity index (χ3n) is 4.41. The number of rotatable bonds is 6. The molecule has 1 aromatic heterocycles. The quantitative estimate of drug-likeness (QED) is 0.505. The van der Waals surface area contributed by atoms with E-state index in [1.54, 1.807) is 23.3 Å². The summed E-state index contributed by atoms with van der Waals surface area (Å²) >= 11 is 3.49. The van der Waals surface area contributed by atoms with Gasteiger partial charge in [-0.15, -0.1) is 23.1 Å². The Bertz CT molecular complexity index is 905. The van der Waals surface area contributed by atoms with E-state index < -0.39 is 0 Å². The minimum Gasteiger partial charge on any atom is -0.321 e. The molecule has 0 aliphatic heterocycles. The number of thioether (sulfide) groups is 1. The van der Waals surface area contributed by atoms with Crippen LogP contribution in [0, 0.1) is 6.92 Å². The fourth-order valence-electron chi connectivity index (χ4n) is 2.64. The third kappa shape index (κ3) is 5.02. The van der Waals surface area contributed by atoms with Crippen molar-refractivity contribution in [2.45, 2.75) is 43.9 Å². The Morgan fingerprint density at radius 1 is 1.30 bits per heavy atom. The normalized spacial score (nSPS) is 12.1. The second-order valence-corrected chi connectivity index (χ2v) is 9.30. The van der Waals surface area contributed by atoms with Gasteiger partial charge >= 0.3 is 6.03 Å². The number of fused-ring (bicyclic) bond motifs is 1. The number of carbonyl (C=O) groups excluding carboxylic acids is 1. The number of anilines is 1. The molecule has 0 aliphatic rings. The van der Waals surface area contributed by atoms with Gasteiger partial charge in [-0.2, -0.15) is 0 Å². The molecule has 1 heterocycles. The number of aryl methyl sites for hydroxylation is 1. The van der Waals surface area contributed by atoms with Crippen LogP contribution >= 0.6 is 23.1 Å². The molecule has 0 saturated carbocycles. The predicted octanol–water partition coefficient (Wildman–Crippen LogP) is 6.16. The first kappa shape index (κ1) is 19.7. The standard InChI is InChI=1S/C21H25N3OS2/c1-5-15(3)26-16-10-11-17(14(2)12-16)23-21(25)24(4)13-20-22-18-8-6-7-9-19(18)27-20/h6-12,15H,5,13H2,1-4H3,(H,23,25). The molecule has 0 aliphatic carbocycles. The molecule has 1 N–H and O–H groups in total. The molecule has 27 heavy (non-hydrogen) atoms. The highest BCUT2D eigenvalue weighted by Crippen LogP contribution is 2.29. The molecule has 1 unspecified atom stereocenters. The Hall–Kier alpha value is -2.05. The number of benzene rings is 2. The molecule has 0 radical (unpaired) electrons. The van der Waals surface area contributed by atoms with Crippen LogP contribution in [-0.2, 0) is 6.54 Å². The van der Waals surface area contributed by atoms with Gasteiger partial charge in [-0.1, -0.05) is 26.0 Å². The number of urea groups is 1. The van der Waals surface area contributed by atoms with Gasteiger partial charge in [0, 0.05) is 22.9 Å². The van der Waals surface area contributed by atoms with Crippen molar-refractivity contribution >= 4 is 45.0 Å². The Kier molecular flexibility index (Phi) is 6.39. The highest BCUT2D eigenvalue weighted by molar-refractivity contribution is 7.99. The zero-order valence-corrected chi connectivity index (χ0v) is 17.8. The number of amides is 2. The molecular formula is C21H25N3OS2. The van der Waals surface area contributed by atoms with Crippen LogP contribution in [0.2, 0.25) is 0 Å². The van der Waals surface area contributed by atoms with Gasteiger partial charge in [-0.05, 0) is 49.2 Å². The molecule has 0 bridgehead atoms. The smallest absolute Gasteiger partial charge is 0.321 e. The minimum absolute atomic E-state index is 0.125. The van der Waals surface area contributed by atoms with Gasteiger partial charge in [0.15, 0.2) is 0 Å². The maximum atomic E-state index is 12.6. The van der Waals surface area contributed by atoms with Gasteiger partial charge < -0.3 is 10.2 Å².